The Balaban J connectivity index is 1.32. The summed E-state index contributed by atoms with van der Waals surface area (Å²) < 4.78 is 6.35. The maximum atomic E-state index is 12.5. The Hall–Kier alpha value is -4.16. The molecule has 2 aromatic carbocycles. The van der Waals surface area contributed by atoms with Crippen LogP contribution in [0.5, 0.6) is 6.01 Å². The third-order valence-electron chi connectivity index (χ3n) is 8.98. The molecule has 0 aliphatic carbocycles. The van der Waals surface area contributed by atoms with Crippen LogP contribution in [0.15, 0.2) is 55.1 Å². The Morgan fingerprint density at radius 3 is 2.79 bits per heavy atom. The maximum absolute atomic E-state index is 12.5. The number of hydrogen-bond donors (Lipinski definition) is 0. The first-order valence-electron chi connectivity index (χ1n) is 15.1. The lowest BCUT2D eigenvalue weighted by molar-refractivity contribution is -0.128. The van der Waals surface area contributed by atoms with E-state index in [-0.39, 0.29) is 18.5 Å². The molecule has 1 amide bonds. The van der Waals surface area contributed by atoms with E-state index < -0.39 is 0 Å². The number of carbonyl (C=O) groups excluding carboxylic acids is 1. The van der Waals surface area contributed by atoms with Crippen LogP contribution in [0.25, 0.3) is 15.6 Å². The molecule has 4 heterocycles. The molecule has 0 radical (unpaired) electrons. The number of aromatic nitrogens is 2. The molecule has 2 saturated heterocycles. The van der Waals surface area contributed by atoms with Gasteiger partial charge in [-0.3, -0.25) is 9.69 Å². The highest BCUT2D eigenvalue weighted by Gasteiger charge is 2.35. The molecule has 1 aromatic heterocycles. The summed E-state index contributed by atoms with van der Waals surface area (Å²) in [5.41, 5.74) is 3.33. The molecule has 0 saturated carbocycles. The molecule has 42 heavy (non-hydrogen) atoms. The minimum atomic E-state index is -0.218. The van der Waals surface area contributed by atoms with Crippen LogP contribution < -0.4 is 14.5 Å². The number of anilines is 2. The Morgan fingerprint density at radius 1 is 1.10 bits per heavy atom. The number of piperazine rings is 1. The highest BCUT2D eigenvalue weighted by Crippen LogP contribution is 2.35. The van der Waals surface area contributed by atoms with Gasteiger partial charge in [-0.05, 0) is 49.9 Å². The number of likely N-dealkylation sites (N-methyl/N-ethyl adjacent to an activating group) is 1. The van der Waals surface area contributed by atoms with E-state index in [4.69, 9.17) is 21.3 Å². The third kappa shape index (κ3) is 5.51. The number of hydrogen-bond acceptors (Lipinski definition) is 7. The second-order valence-electron chi connectivity index (χ2n) is 11.3. The van der Waals surface area contributed by atoms with Crippen molar-refractivity contribution in [1.82, 2.24) is 19.8 Å². The van der Waals surface area contributed by atoms with E-state index in [1.807, 2.05) is 0 Å². The topological polar surface area (TPSA) is 69.4 Å². The summed E-state index contributed by atoms with van der Waals surface area (Å²) >= 11 is 0. The first-order valence-corrected chi connectivity index (χ1v) is 15.1. The maximum Gasteiger partial charge on any atom is 0.318 e. The van der Waals surface area contributed by atoms with E-state index in [0.717, 1.165) is 49.6 Å². The van der Waals surface area contributed by atoms with E-state index in [9.17, 15) is 4.79 Å². The van der Waals surface area contributed by atoms with Crippen molar-refractivity contribution in [3.63, 3.8) is 0 Å². The predicted octanol–water partition coefficient (Wildman–Crippen LogP) is 4.18. The molecule has 6 rings (SSSR count). The van der Waals surface area contributed by atoms with Crippen LogP contribution in [0.1, 0.15) is 31.0 Å². The first kappa shape index (κ1) is 28.0. The molecular formula is C33H39N7O2. The Morgan fingerprint density at radius 2 is 1.95 bits per heavy atom. The molecule has 0 unspecified atom stereocenters. The van der Waals surface area contributed by atoms with Gasteiger partial charge < -0.3 is 24.3 Å². The Bertz CT molecular complexity index is 1500. The standard InChI is InChI=1S/C33H39N7O2/c1-4-31(41)40-19-18-39(21-26(40)20-34-3)32-28-15-17-38(30-14-8-11-24-10-6-7-13-27(24)30)22-29(28)35-33(36-32)42-23-25-12-9-16-37(25)5-2/h4,6-8,10-11,13-14,25-26H,1,5,9,12,15-23H2,2H3/t25-,26+/m1/s1. The molecule has 0 spiro atoms. The molecule has 9 heteroatoms. The van der Waals surface area contributed by atoms with Crippen LogP contribution in [-0.4, -0.2) is 90.2 Å². The van der Waals surface area contributed by atoms with Gasteiger partial charge in [0.2, 0.25) is 12.5 Å². The smallest absolute Gasteiger partial charge is 0.318 e. The molecule has 3 aliphatic heterocycles. The molecule has 0 N–H and O–H groups in total. The number of carbonyl (C=O) groups is 1. The molecule has 0 bridgehead atoms. The minimum Gasteiger partial charge on any atom is -0.462 e. The van der Waals surface area contributed by atoms with E-state index >= 15 is 0 Å². The fourth-order valence-electron chi connectivity index (χ4n) is 6.79. The summed E-state index contributed by atoms with van der Waals surface area (Å²) in [4.78, 5) is 35.1. The molecule has 218 valence electrons. The van der Waals surface area contributed by atoms with Gasteiger partial charge in [-0.2, -0.15) is 9.97 Å². The van der Waals surface area contributed by atoms with Crippen LogP contribution in [0.4, 0.5) is 11.5 Å². The highest BCUT2D eigenvalue weighted by molar-refractivity contribution is 5.94. The van der Waals surface area contributed by atoms with Gasteiger partial charge in [0.25, 0.3) is 0 Å². The van der Waals surface area contributed by atoms with E-state index in [1.54, 1.807) is 4.90 Å². The van der Waals surface area contributed by atoms with Gasteiger partial charge in [0.05, 0.1) is 12.2 Å². The number of ether oxygens (including phenoxy) is 1. The van der Waals surface area contributed by atoms with Crippen molar-refractivity contribution < 1.29 is 9.53 Å². The fraction of sp³-hybridized carbons (Fsp3) is 0.455. The van der Waals surface area contributed by atoms with Crippen molar-refractivity contribution in [3.8, 4) is 6.01 Å². The average Bonchev–Trinajstić information content (AvgIpc) is 3.50. The SMILES string of the molecule is [C-]#[N+]C[C@H]1CN(c2nc(OC[C@H]3CCCN3CC)nc3c2CCN(c2cccc4ccccc24)C3)CCN1C(=O)C=C. The zero-order valence-corrected chi connectivity index (χ0v) is 24.4. The number of amides is 1. The van der Waals surface area contributed by atoms with Gasteiger partial charge in [-0.15, -0.1) is 0 Å². The van der Waals surface area contributed by atoms with Crippen LogP contribution in [0.2, 0.25) is 0 Å². The third-order valence-corrected chi connectivity index (χ3v) is 8.98. The van der Waals surface area contributed by atoms with Crippen LogP contribution in [-0.2, 0) is 17.8 Å². The lowest BCUT2D eigenvalue weighted by Crippen LogP contribution is -2.56. The van der Waals surface area contributed by atoms with Crippen LogP contribution in [0.3, 0.4) is 0 Å². The molecule has 3 aliphatic rings. The molecular weight excluding hydrogens is 526 g/mol. The summed E-state index contributed by atoms with van der Waals surface area (Å²) in [5.74, 6) is 0.756. The van der Waals surface area contributed by atoms with Crippen molar-refractivity contribution >= 4 is 28.2 Å². The largest absolute Gasteiger partial charge is 0.462 e. The average molecular weight is 566 g/mol. The van der Waals surface area contributed by atoms with Crippen molar-refractivity contribution in [2.24, 2.45) is 0 Å². The molecule has 2 atom stereocenters. The minimum absolute atomic E-state index is 0.125. The first-order chi connectivity index (χ1) is 20.6. The molecule has 3 aromatic rings. The summed E-state index contributed by atoms with van der Waals surface area (Å²) in [5, 5.41) is 2.46. The molecule has 9 nitrogen and oxygen atoms in total. The summed E-state index contributed by atoms with van der Waals surface area (Å²) in [6.07, 6.45) is 4.46. The highest BCUT2D eigenvalue weighted by atomic mass is 16.5. The van der Waals surface area contributed by atoms with Crippen molar-refractivity contribution in [2.45, 2.75) is 44.8 Å². The molecule has 2 fully saturated rings. The number of rotatable bonds is 8. The van der Waals surface area contributed by atoms with E-state index in [1.165, 1.54) is 29.0 Å². The van der Waals surface area contributed by atoms with Gasteiger partial charge in [-0.1, -0.05) is 49.9 Å². The summed E-state index contributed by atoms with van der Waals surface area (Å²) in [7, 11) is 0. The predicted molar refractivity (Wildman–Crippen MR) is 166 cm³/mol. The monoisotopic (exact) mass is 565 g/mol. The van der Waals surface area contributed by atoms with Gasteiger partial charge in [0, 0.05) is 48.9 Å². The number of likely N-dealkylation sites (tertiary alicyclic amines) is 1. The lowest BCUT2D eigenvalue weighted by Gasteiger charge is -2.41. The summed E-state index contributed by atoms with van der Waals surface area (Å²) in [6, 6.07) is 15.5. The Kier molecular flexibility index (Phi) is 8.24. The zero-order chi connectivity index (χ0) is 29.1. The van der Waals surface area contributed by atoms with Crippen molar-refractivity contribution in [3.05, 3.63) is 77.8 Å². The van der Waals surface area contributed by atoms with E-state index in [2.05, 4.69) is 75.5 Å². The second kappa shape index (κ2) is 12.4. The van der Waals surface area contributed by atoms with Crippen molar-refractivity contribution in [1.29, 1.82) is 0 Å². The number of fused-ring (bicyclic) bond motifs is 2. The fourth-order valence-corrected chi connectivity index (χ4v) is 6.79. The van der Waals surface area contributed by atoms with Gasteiger partial charge in [0.15, 0.2) is 0 Å². The van der Waals surface area contributed by atoms with Crippen LogP contribution in [0, 0.1) is 6.57 Å². The normalized spacial score (nSPS) is 20.8. The second-order valence-corrected chi connectivity index (χ2v) is 11.3. The number of benzene rings is 2. The van der Waals surface area contributed by atoms with Crippen LogP contribution >= 0.6 is 0 Å². The van der Waals surface area contributed by atoms with E-state index in [0.29, 0.717) is 44.8 Å². The Labute approximate surface area is 248 Å². The zero-order valence-electron chi connectivity index (χ0n) is 24.4. The summed E-state index contributed by atoms with van der Waals surface area (Å²) in [6.45, 7) is 19.5. The quantitative estimate of drug-likeness (QED) is 0.300. The lowest BCUT2D eigenvalue weighted by atomic mass is 10.0. The van der Waals surface area contributed by atoms with Gasteiger partial charge >= 0.3 is 6.01 Å². The van der Waals surface area contributed by atoms with Crippen molar-refractivity contribution in [2.75, 3.05) is 62.2 Å². The van der Waals surface area contributed by atoms with Gasteiger partial charge in [-0.25, -0.2) is 6.57 Å². The number of nitrogens with zero attached hydrogens (tertiary/aromatic N) is 7. The van der Waals surface area contributed by atoms with Gasteiger partial charge in [0.1, 0.15) is 18.5 Å².